The third kappa shape index (κ3) is 2.95. The van der Waals surface area contributed by atoms with Crippen LogP contribution in [0.4, 0.5) is 0 Å². The number of halogens is 1. The quantitative estimate of drug-likeness (QED) is 0.908. The summed E-state index contributed by atoms with van der Waals surface area (Å²) in [6.07, 6.45) is 8.67. The Morgan fingerprint density at radius 3 is 2.95 bits per heavy atom. The van der Waals surface area contributed by atoms with E-state index < -0.39 is 0 Å². The maximum absolute atomic E-state index is 4.89. The molecule has 0 aliphatic heterocycles. The van der Waals surface area contributed by atoms with E-state index in [0.717, 1.165) is 17.4 Å². The number of hydrogen-bond donors (Lipinski definition) is 1. The van der Waals surface area contributed by atoms with E-state index in [1.807, 2.05) is 23.7 Å². The van der Waals surface area contributed by atoms with Crippen LogP contribution in [0.3, 0.4) is 0 Å². The van der Waals surface area contributed by atoms with Gasteiger partial charge in [0.1, 0.15) is 5.01 Å². The van der Waals surface area contributed by atoms with E-state index in [-0.39, 0.29) is 6.04 Å². The summed E-state index contributed by atoms with van der Waals surface area (Å²) < 4.78 is 1.01. The molecule has 3 rings (SSSR count). The molecule has 0 spiro atoms. The number of fused-ring (bicyclic) bond motifs is 1. The molecule has 0 aromatic carbocycles. The summed E-state index contributed by atoms with van der Waals surface area (Å²) in [5.74, 6) is 0. The largest absolute Gasteiger partial charge is 0.304 e. The zero-order chi connectivity index (χ0) is 13.9. The van der Waals surface area contributed by atoms with Gasteiger partial charge in [0, 0.05) is 21.7 Å². The molecule has 0 fully saturated rings. The number of hydrogen-bond acceptors (Lipinski definition) is 4. The van der Waals surface area contributed by atoms with E-state index in [2.05, 4.69) is 39.2 Å². The topological polar surface area (TPSA) is 37.8 Å². The van der Waals surface area contributed by atoms with Crippen LogP contribution >= 0.6 is 27.3 Å². The summed E-state index contributed by atoms with van der Waals surface area (Å²) in [6.45, 7) is 3.05. The monoisotopic (exact) mass is 351 g/mol. The molecule has 1 aliphatic carbocycles. The van der Waals surface area contributed by atoms with Crippen molar-refractivity contribution in [3.63, 3.8) is 0 Å². The minimum absolute atomic E-state index is 0.153. The van der Waals surface area contributed by atoms with Crippen LogP contribution in [0.1, 0.15) is 46.9 Å². The predicted octanol–water partition coefficient (Wildman–Crippen LogP) is 3.88. The Morgan fingerprint density at radius 1 is 1.35 bits per heavy atom. The van der Waals surface area contributed by atoms with Crippen molar-refractivity contribution < 1.29 is 0 Å². The number of rotatable bonds is 4. The van der Waals surface area contributed by atoms with Gasteiger partial charge in [-0.05, 0) is 59.8 Å². The summed E-state index contributed by atoms with van der Waals surface area (Å²) in [6, 6.07) is 2.28. The molecule has 0 saturated heterocycles. The number of aryl methyl sites for hydroxylation is 2. The molecule has 0 radical (unpaired) electrons. The summed E-state index contributed by atoms with van der Waals surface area (Å²) >= 11 is 5.37. The minimum Gasteiger partial charge on any atom is -0.304 e. The van der Waals surface area contributed by atoms with Gasteiger partial charge in [-0.2, -0.15) is 0 Å². The van der Waals surface area contributed by atoms with Crippen molar-refractivity contribution in [3.8, 4) is 0 Å². The molecule has 2 aromatic rings. The smallest absolute Gasteiger partial charge is 0.115 e. The van der Waals surface area contributed by atoms with Gasteiger partial charge in [0.15, 0.2) is 0 Å². The molecule has 0 saturated carbocycles. The van der Waals surface area contributed by atoms with E-state index >= 15 is 0 Å². The van der Waals surface area contributed by atoms with Gasteiger partial charge in [-0.25, -0.2) is 4.98 Å². The normalized spacial score (nSPS) is 15.9. The number of aromatic nitrogens is 2. The van der Waals surface area contributed by atoms with Crippen LogP contribution in [0, 0.1) is 0 Å². The van der Waals surface area contributed by atoms with Crippen LogP contribution in [-0.2, 0) is 12.8 Å². The number of nitrogens with one attached hydrogen (secondary N) is 1. The van der Waals surface area contributed by atoms with Crippen molar-refractivity contribution in [1.82, 2.24) is 15.3 Å². The molecule has 1 N–H and O–H groups in total. The highest BCUT2D eigenvalue weighted by Gasteiger charge is 2.22. The fourth-order valence-corrected chi connectivity index (χ4v) is 4.27. The summed E-state index contributed by atoms with van der Waals surface area (Å²) in [7, 11) is 0. The second-order valence-electron chi connectivity index (χ2n) is 5.06. The van der Waals surface area contributed by atoms with Crippen LogP contribution in [0.15, 0.2) is 22.9 Å². The highest BCUT2D eigenvalue weighted by atomic mass is 79.9. The lowest BCUT2D eigenvalue weighted by atomic mass is 10.0. The van der Waals surface area contributed by atoms with Crippen molar-refractivity contribution in [3.05, 3.63) is 44.1 Å². The Labute approximate surface area is 132 Å². The molecule has 2 aromatic heterocycles. The van der Waals surface area contributed by atoms with Crippen LogP contribution in [0.2, 0.25) is 0 Å². The standard InChI is InChI=1S/C15H18BrN3S/c1-2-18-14(10-7-11(16)9-17-8-10)15-19-12-5-3-4-6-13(12)20-15/h7-9,14,18H,2-6H2,1H3. The maximum Gasteiger partial charge on any atom is 0.115 e. The Balaban J connectivity index is 1.95. The summed E-state index contributed by atoms with van der Waals surface area (Å²) in [4.78, 5) is 10.7. The van der Waals surface area contributed by atoms with Crippen molar-refractivity contribution in [2.75, 3.05) is 6.54 Å². The fourth-order valence-electron chi connectivity index (χ4n) is 2.63. The van der Waals surface area contributed by atoms with E-state index in [0.29, 0.717) is 0 Å². The zero-order valence-electron chi connectivity index (χ0n) is 11.5. The lowest BCUT2D eigenvalue weighted by Gasteiger charge is -2.15. The van der Waals surface area contributed by atoms with Gasteiger partial charge >= 0.3 is 0 Å². The van der Waals surface area contributed by atoms with Gasteiger partial charge in [-0.3, -0.25) is 4.98 Å². The van der Waals surface area contributed by atoms with E-state index in [9.17, 15) is 0 Å². The predicted molar refractivity (Wildman–Crippen MR) is 86.2 cm³/mol. The summed E-state index contributed by atoms with van der Waals surface area (Å²) in [5.41, 5.74) is 2.49. The van der Waals surface area contributed by atoms with Gasteiger partial charge in [-0.1, -0.05) is 6.92 Å². The van der Waals surface area contributed by atoms with Crippen molar-refractivity contribution in [1.29, 1.82) is 0 Å². The lowest BCUT2D eigenvalue weighted by Crippen LogP contribution is -2.22. The molecular weight excluding hydrogens is 334 g/mol. The highest BCUT2D eigenvalue weighted by molar-refractivity contribution is 9.10. The SMILES string of the molecule is CCNC(c1cncc(Br)c1)c1nc2c(s1)CCCC2. The fraction of sp³-hybridized carbons (Fsp3) is 0.467. The van der Waals surface area contributed by atoms with Gasteiger partial charge in [0.2, 0.25) is 0 Å². The molecule has 0 amide bonds. The van der Waals surface area contributed by atoms with E-state index in [1.165, 1.54) is 40.4 Å². The Bertz CT molecular complexity index is 573. The first-order valence-electron chi connectivity index (χ1n) is 7.10. The number of nitrogens with zero attached hydrogens (tertiary/aromatic N) is 2. The summed E-state index contributed by atoms with van der Waals surface area (Å²) in [5, 5.41) is 4.72. The molecule has 1 atom stereocenters. The zero-order valence-corrected chi connectivity index (χ0v) is 13.9. The average Bonchev–Trinajstić information content (AvgIpc) is 2.88. The number of pyridine rings is 1. The van der Waals surface area contributed by atoms with Gasteiger partial charge in [-0.15, -0.1) is 11.3 Å². The molecule has 20 heavy (non-hydrogen) atoms. The average molecular weight is 352 g/mol. The molecule has 1 unspecified atom stereocenters. The van der Waals surface area contributed by atoms with Crippen LogP contribution in [0.5, 0.6) is 0 Å². The Hall–Kier alpha value is -0.780. The Kier molecular flexibility index (Phi) is 4.48. The molecule has 0 bridgehead atoms. The molecule has 5 heteroatoms. The van der Waals surface area contributed by atoms with Crippen molar-refractivity contribution in [2.24, 2.45) is 0 Å². The third-order valence-corrected chi connectivity index (χ3v) is 5.23. The van der Waals surface area contributed by atoms with Gasteiger partial charge in [0.25, 0.3) is 0 Å². The second-order valence-corrected chi connectivity index (χ2v) is 7.09. The molecular formula is C15H18BrN3S. The minimum atomic E-state index is 0.153. The maximum atomic E-state index is 4.89. The van der Waals surface area contributed by atoms with Gasteiger partial charge < -0.3 is 5.32 Å². The molecule has 3 nitrogen and oxygen atoms in total. The van der Waals surface area contributed by atoms with Crippen LogP contribution in [-0.4, -0.2) is 16.5 Å². The van der Waals surface area contributed by atoms with Crippen LogP contribution in [0.25, 0.3) is 0 Å². The molecule has 2 heterocycles. The third-order valence-electron chi connectivity index (χ3n) is 3.58. The first-order chi connectivity index (χ1) is 9.78. The van der Waals surface area contributed by atoms with Crippen LogP contribution < -0.4 is 5.32 Å². The number of thiazole rings is 1. The van der Waals surface area contributed by atoms with E-state index in [4.69, 9.17) is 4.98 Å². The molecule has 106 valence electrons. The van der Waals surface area contributed by atoms with Crippen molar-refractivity contribution in [2.45, 2.75) is 38.6 Å². The first-order valence-corrected chi connectivity index (χ1v) is 8.71. The second kappa shape index (κ2) is 6.33. The lowest BCUT2D eigenvalue weighted by molar-refractivity contribution is 0.618. The molecule has 1 aliphatic rings. The van der Waals surface area contributed by atoms with Crippen molar-refractivity contribution >= 4 is 27.3 Å². The van der Waals surface area contributed by atoms with E-state index in [1.54, 1.807) is 0 Å². The Morgan fingerprint density at radius 2 is 2.20 bits per heavy atom. The van der Waals surface area contributed by atoms with Gasteiger partial charge in [0.05, 0.1) is 11.7 Å². The first kappa shape index (κ1) is 14.2. The highest BCUT2D eigenvalue weighted by Crippen LogP contribution is 2.32.